The molecule has 0 aliphatic carbocycles. The Hall–Kier alpha value is -1.10. The highest BCUT2D eigenvalue weighted by molar-refractivity contribution is 5.28. The second kappa shape index (κ2) is 6.89. The van der Waals surface area contributed by atoms with E-state index >= 15 is 0 Å². The Bertz CT molecular complexity index is 373. The fourth-order valence-corrected chi connectivity index (χ4v) is 1.93. The van der Waals surface area contributed by atoms with E-state index in [1.54, 1.807) is 7.11 Å². The molecule has 19 heavy (non-hydrogen) atoms. The summed E-state index contributed by atoms with van der Waals surface area (Å²) >= 11 is 0. The SMILES string of the molecule is COc1ccc(C(CNC(C)C)OC2COC2)cc1. The third kappa shape index (κ3) is 4.20. The Morgan fingerprint density at radius 1 is 1.26 bits per heavy atom. The predicted octanol–water partition coefficient (Wildman–Crippen LogP) is 2.15. The Morgan fingerprint density at radius 2 is 1.95 bits per heavy atom. The van der Waals surface area contributed by atoms with Gasteiger partial charge >= 0.3 is 0 Å². The first-order chi connectivity index (χ1) is 9.19. The first-order valence-electron chi connectivity index (χ1n) is 6.79. The van der Waals surface area contributed by atoms with E-state index in [9.17, 15) is 0 Å². The van der Waals surface area contributed by atoms with Crippen molar-refractivity contribution in [2.75, 3.05) is 26.9 Å². The van der Waals surface area contributed by atoms with Crippen molar-refractivity contribution in [1.82, 2.24) is 5.32 Å². The van der Waals surface area contributed by atoms with Gasteiger partial charge in [0.25, 0.3) is 0 Å². The van der Waals surface area contributed by atoms with Gasteiger partial charge in [0.15, 0.2) is 0 Å². The van der Waals surface area contributed by atoms with E-state index in [0.29, 0.717) is 19.3 Å². The molecule has 0 saturated carbocycles. The first-order valence-corrected chi connectivity index (χ1v) is 6.79. The normalized spacial score (nSPS) is 17.3. The van der Waals surface area contributed by atoms with E-state index < -0.39 is 0 Å². The molecule has 0 amide bonds. The van der Waals surface area contributed by atoms with Gasteiger partial charge in [-0.25, -0.2) is 0 Å². The highest BCUT2D eigenvalue weighted by Crippen LogP contribution is 2.23. The summed E-state index contributed by atoms with van der Waals surface area (Å²) in [6.45, 7) is 6.48. The van der Waals surface area contributed by atoms with Crippen LogP contribution in [0.2, 0.25) is 0 Å². The molecule has 2 rings (SSSR count). The second-order valence-electron chi connectivity index (χ2n) is 5.12. The zero-order valence-corrected chi connectivity index (χ0v) is 11.9. The summed E-state index contributed by atoms with van der Waals surface area (Å²) in [7, 11) is 1.68. The summed E-state index contributed by atoms with van der Waals surface area (Å²) in [4.78, 5) is 0. The van der Waals surface area contributed by atoms with Gasteiger partial charge in [0, 0.05) is 12.6 Å². The Balaban J connectivity index is 2.00. The molecule has 0 radical (unpaired) electrons. The molecular formula is C15H23NO3. The Morgan fingerprint density at radius 3 is 2.42 bits per heavy atom. The van der Waals surface area contributed by atoms with Crippen LogP contribution in [0.1, 0.15) is 25.5 Å². The van der Waals surface area contributed by atoms with Gasteiger partial charge in [0.05, 0.1) is 26.4 Å². The summed E-state index contributed by atoms with van der Waals surface area (Å²) in [5, 5.41) is 3.43. The number of hydrogen-bond acceptors (Lipinski definition) is 4. The van der Waals surface area contributed by atoms with Gasteiger partial charge in [-0.1, -0.05) is 26.0 Å². The molecule has 1 aliphatic heterocycles. The van der Waals surface area contributed by atoms with Crippen LogP contribution in [0.25, 0.3) is 0 Å². The van der Waals surface area contributed by atoms with Crippen LogP contribution < -0.4 is 10.1 Å². The highest BCUT2D eigenvalue weighted by Gasteiger charge is 2.24. The quantitative estimate of drug-likeness (QED) is 0.820. The van der Waals surface area contributed by atoms with Gasteiger partial charge in [-0.05, 0) is 17.7 Å². The molecule has 4 nitrogen and oxygen atoms in total. The molecule has 1 unspecified atom stereocenters. The standard InChI is InChI=1S/C15H23NO3/c1-11(2)16-8-15(19-14-9-18-10-14)12-4-6-13(17-3)7-5-12/h4-7,11,14-16H,8-10H2,1-3H3. The average molecular weight is 265 g/mol. The lowest BCUT2D eigenvalue weighted by molar-refractivity contribution is -0.155. The molecule has 0 aromatic heterocycles. The maximum atomic E-state index is 6.07. The Labute approximate surface area is 115 Å². The van der Waals surface area contributed by atoms with E-state index in [0.717, 1.165) is 12.3 Å². The molecule has 1 aliphatic rings. The monoisotopic (exact) mass is 265 g/mol. The number of benzene rings is 1. The summed E-state index contributed by atoms with van der Waals surface area (Å²) in [6.07, 6.45) is 0.281. The zero-order chi connectivity index (χ0) is 13.7. The largest absolute Gasteiger partial charge is 0.497 e. The molecule has 106 valence electrons. The van der Waals surface area contributed by atoms with E-state index in [2.05, 4.69) is 31.3 Å². The van der Waals surface area contributed by atoms with Gasteiger partial charge in [-0.3, -0.25) is 0 Å². The van der Waals surface area contributed by atoms with Crippen molar-refractivity contribution in [3.8, 4) is 5.75 Å². The van der Waals surface area contributed by atoms with E-state index in [-0.39, 0.29) is 12.2 Å². The molecule has 0 spiro atoms. The minimum absolute atomic E-state index is 0.0576. The average Bonchev–Trinajstić information content (AvgIpc) is 2.37. The van der Waals surface area contributed by atoms with Gasteiger partial charge in [0.2, 0.25) is 0 Å². The van der Waals surface area contributed by atoms with Crippen LogP contribution >= 0.6 is 0 Å². The van der Waals surface area contributed by atoms with Crippen LogP contribution in [0.4, 0.5) is 0 Å². The number of nitrogens with one attached hydrogen (secondary N) is 1. The van der Waals surface area contributed by atoms with Crippen molar-refractivity contribution in [1.29, 1.82) is 0 Å². The van der Waals surface area contributed by atoms with Gasteiger partial charge in [-0.2, -0.15) is 0 Å². The molecule has 1 N–H and O–H groups in total. The number of hydrogen-bond donors (Lipinski definition) is 1. The van der Waals surface area contributed by atoms with Crippen molar-refractivity contribution in [2.24, 2.45) is 0 Å². The molecule has 1 heterocycles. The second-order valence-corrected chi connectivity index (χ2v) is 5.12. The van der Waals surface area contributed by atoms with Crippen LogP contribution in [0.5, 0.6) is 5.75 Å². The van der Waals surface area contributed by atoms with Gasteiger partial charge in [-0.15, -0.1) is 0 Å². The minimum Gasteiger partial charge on any atom is -0.497 e. The number of ether oxygens (including phenoxy) is 3. The fourth-order valence-electron chi connectivity index (χ4n) is 1.93. The molecule has 1 aromatic rings. The molecule has 1 aromatic carbocycles. The maximum Gasteiger partial charge on any atom is 0.118 e. The van der Waals surface area contributed by atoms with E-state index in [1.165, 1.54) is 5.56 Å². The molecule has 4 heteroatoms. The summed E-state index contributed by atoms with van der Waals surface area (Å²) in [5.41, 5.74) is 1.17. The van der Waals surface area contributed by atoms with Crippen molar-refractivity contribution in [3.05, 3.63) is 29.8 Å². The first kappa shape index (κ1) is 14.3. The van der Waals surface area contributed by atoms with Crippen LogP contribution in [0.15, 0.2) is 24.3 Å². The topological polar surface area (TPSA) is 39.7 Å². The van der Waals surface area contributed by atoms with Crippen molar-refractivity contribution in [3.63, 3.8) is 0 Å². The third-order valence-corrected chi connectivity index (χ3v) is 3.16. The number of methoxy groups -OCH3 is 1. The smallest absolute Gasteiger partial charge is 0.118 e. The lowest BCUT2D eigenvalue weighted by Gasteiger charge is -2.31. The fraction of sp³-hybridized carbons (Fsp3) is 0.600. The predicted molar refractivity (Wildman–Crippen MR) is 74.6 cm³/mol. The molecular weight excluding hydrogens is 242 g/mol. The molecule has 1 atom stereocenters. The zero-order valence-electron chi connectivity index (χ0n) is 11.9. The minimum atomic E-state index is 0.0576. The molecule has 0 bridgehead atoms. The van der Waals surface area contributed by atoms with Gasteiger partial charge in [0.1, 0.15) is 11.9 Å². The van der Waals surface area contributed by atoms with Crippen molar-refractivity contribution in [2.45, 2.75) is 32.1 Å². The third-order valence-electron chi connectivity index (χ3n) is 3.16. The highest BCUT2D eigenvalue weighted by atomic mass is 16.6. The van der Waals surface area contributed by atoms with Crippen LogP contribution in [-0.2, 0) is 9.47 Å². The maximum absolute atomic E-state index is 6.07. The summed E-state index contributed by atoms with van der Waals surface area (Å²) in [6, 6.07) is 8.51. The molecule has 1 saturated heterocycles. The lowest BCUT2D eigenvalue weighted by atomic mass is 10.1. The van der Waals surface area contributed by atoms with Crippen LogP contribution in [0.3, 0.4) is 0 Å². The van der Waals surface area contributed by atoms with Crippen LogP contribution in [0, 0.1) is 0 Å². The summed E-state index contributed by atoms with van der Waals surface area (Å²) in [5.74, 6) is 0.867. The van der Waals surface area contributed by atoms with Gasteiger partial charge < -0.3 is 19.5 Å². The number of rotatable bonds is 7. The van der Waals surface area contributed by atoms with E-state index in [1.807, 2.05) is 12.1 Å². The van der Waals surface area contributed by atoms with Crippen LogP contribution in [-0.4, -0.2) is 39.0 Å². The van der Waals surface area contributed by atoms with E-state index in [4.69, 9.17) is 14.2 Å². The van der Waals surface area contributed by atoms with Crippen molar-refractivity contribution < 1.29 is 14.2 Å². The molecule has 1 fully saturated rings. The Kier molecular flexibility index (Phi) is 5.19. The summed E-state index contributed by atoms with van der Waals surface area (Å²) < 4.78 is 16.4. The lowest BCUT2D eigenvalue weighted by Crippen LogP contribution is -2.39. The van der Waals surface area contributed by atoms with Crippen molar-refractivity contribution >= 4 is 0 Å².